The van der Waals surface area contributed by atoms with Crippen molar-refractivity contribution in [3.8, 4) is 35.1 Å². The third-order valence-electron chi connectivity index (χ3n) is 9.86. The molecule has 0 amide bonds. The van der Waals surface area contributed by atoms with Crippen LogP contribution in [0, 0.1) is 22.7 Å². The lowest BCUT2D eigenvalue weighted by Gasteiger charge is -2.22. The van der Waals surface area contributed by atoms with Crippen molar-refractivity contribution in [2.45, 2.75) is 68.6 Å². The smallest absolute Gasteiger partial charge is 0.262 e. The molecule has 0 saturated carbocycles. The van der Waals surface area contributed by atoms with Crippen molar-refractivity contribution in [3.63, 3.8) is 0 Å². The molecule has 6 aromatic rings. The van der Waals surface area contributed by atoms with Crippen LogP contribution in [-0.4, -0.2) is 73.4 Å². The summed E-state index contributed by atoms with van der Waals surface area (Å²) in [7, 11) is -1.56. The van der Waals surface area contributed by atoms with E-state index in [4.69, 9.17) is 24.2 Å². The number of sulfonamides is 2. The Bertz CT molecular complexity index is 2620. The molecule has 2 aromatic heterocycles. The lowest BCUT2D eigenvalue weighted by molar-refractivity contribution is 0.386. The largest absolute Gasteiger partial charge is 0.497 e. The minimum Gasteiger partial charge on any atom is -0.497 e. The molecule has 0 aliphatic heterocycles. The Morgan fingerprint density at radius 3 is 1.17 bits per heavy atom. The van der Waals surface area contributed by atoms with Crippen molar-refractivity contribution in [1.29, 1.82) is 10.5 Å². The van der Waals surface area contributed by atoms with Crippen LogP contribution in [0.25, 0.3) is 0 Å². The van der Waals surface area contributed by atoms with Gasteiger partial charge in [0, 0.05) is 38.6 Å². The first-order chi connectivity index (χ1) is 30.1. The molecule has 16 nitrogen and oxygen atoms in total. The van der Waals surface area contributed by atoms with E-state index in [0.717, 1.165) is 22.3 Å². The molecule has 0 N–H and O–H groups in total. The fourth-order valence-electron chi connectivity index (χ4n) is 5.99. The van der Waals surface area contributed by atoms with Crippen LogP contribution < -0.4 is 18.9 Å². The highest BCUT2D eigenvalue weighted by molar-refractivity contribution is 7.89. The first-order valence-electron chi connectivity index (χ1n) is 19.5. The van der Waals surface area contributed by atoms with E-state index in [-0.39, 0.29) is 36.2 Å². The highest BCUT2D eigenvalue weighted by Crippen LogP contribution is 2.26. The van der Waals surface area contributed by atoms with E-state index in [1.165, 1.54) is 42.5 Å². The maximum Gasteiger partial charge on any atom is 0.262 e. The number of nitriles is 2. The summed E-state index contributed by atoms with van der Waals surface area (Å²) < 4.78 is 80.1. The number of ether oxygens (including phenoxy) is 4. The molecule has 330 valence electrons. The molecule has 0 bridgehead atoms. The van der Waals surface area contributed by atoms with Crippen LogP contribution in [-0.2, 0) is 51.8 Å². The quantitative estimate of drug-likeness (QED) is 0.0865. The van der Waals surface area contributed by atoms with Gasteiger partial charge in [-0.1, -0.05) is 48.5 Å². The Balaban J connectivity index is 0.000000238. The molecule has 0 radical (unpaired) electrons. The van der Waals surface area contributed by atoms with Crippen LogP contribution in [0.15, 0.2) is 132 Å². The van der Waals surface area contributed by atoms with Gasteiger partial charge in [0.1, 0.15) is 34.6 Å². The molecular formula is C45H50N8O8S2. The van der Waals surface area contributed by atoms with E-state index < -0.39 is 31.6 Å². The van der Waals surface area contributed by atoms with Crippen LogP contribution in [0.4, 0.5) is 0 Å². The second-order valence-electron chi connectivity index (χ2n) is 14.6. The van der Waals surface area contributed by atoms with Crippen molar-refractivity contribution in [1.82, 2.24) is 28.2 Å². The number of hydrogen-bond donors (Lipinski definition) is 0. The van der Waals surface area contributed by atoms with Gasteiger partial charge in [0.15, 0.2) is 10.1 Å². The SMILES string of the molecule is COc1ccc(CN(Cc2ccc(OC)cc2)S(=O)(=O)c2ccn(C(C)(C)C#N)n2)cc1.COc1ccc(CN(Cc2ccc(OC)cc2)S(=O)(=O)c2ccn(C(C)C#N)n2)cc1. The van der Waals surface area contributed by atoms with E-state index in [1.54, 1.807) is 97.7 Å². The Hall–Kier alpha value is -6.70. The molecule has 0 fully saturated rings. The predicted octanol–water partition coefficient (Wildman–Crippen LogP) is 6.93. The number of rotatable bonds is 18. The highest BCUT2D eigenvalue weighted by Gasteiger charge is 2.31. The van der Waals surface area contributed by atoms with Gasteiger partial charge in [-0.25, -0.2) is 16.8 Å². The summed E-state index contributed by atoms with van der Waals surface area (Å²) in [4.78, 5) is 0. The lowest BCUT2D eigenvalue weighted by Crippen LogP contribution is -2.31. The zero-order chi connectivity index (χ0) is 45.8. The first kappa shape index (κ1) is 47.4. The number of methoxy groups -OCH3 is 4. The summed E-state index contributed by atoms with van der Waals surface area (Å²) in [6, 6.07) is 35.3. The van der Waals surface area contributed by atoms with E-state index in [9.17, 15) is 22.1 Å². The van der Waals surface area contributed by atoms with Crippen LogP contribution in [0.1, 0.15) is 49.1 Å². The maximum absolute atomic E-state index is 13.5. The topological polar surface area (TPSA) is 195 Å². The van der Waals surface area contributed by atoms with Gasteiger partial charge in [0.25, 0.3) is 20.0 Å². The van der Waals surface area contributed by atoms with Gasteiger partial charge in [0.05, 0.1) is 40.6 Å². The van der Waals surface area contributed by atoms with Gasteiger partial charge in [-0.2, -0.15) is 29.3 Å². The Morgan fingerprint density at radius 1 is 0.556 bits per heavy atom. The van der Waals surface area contributed by atoms with Crippen LogP contribution in [0.2, 0.25) is 0 Å². The van der Waals surface area contributed by atoms with Crippen LogP contribution in [0.3, 0.4) is 0 Å². The predicted molar refractivity (Wildman–Crippen MR) is 235 cm³/mol. The molecule has 0 aliphatic carbocycles. The zero-order valence-electron chi connectivity index (χ0n) is 36.1. The summed E-state index contributed by atoms with van der Waals surface area (Å²) in [5, 5.41) is 26.6. The van der Waals surface area contributed by atoms with Crippen LogP contribution in [0.5, 0.6) is 23.0 Å². The van der Waals surface area contributed by atoms with Gasteiger partial charge in [-0.3, -0.25) is 9.36 Å². The van der Waals surface area contributed by atoms with Crippen LogP contribution >= 0.6 is 0 Å². The van der Waals surface area contributed by atoms with Gasteiger partial charge in [-0.15, -0.1) is 0 Å². The number of hydrogen-bond acceptors (Lipinski definition) is 12. The molecule has 1 atom stereocenters. The van der Waals surface area contributed by atoms with Crippen molar-refractivity contribution < 1.29 is 35.8 Å². The van der Waals surface area contributed by atoms with Gasteiger partial charge >= 0.3 is 0 Å². The summed E-state index contributed by atoms with van der Waals surface area (Å²) in [6.45, 7) is 5.58. The molecular weight excluding hydrogens is 845 g/mol. The van der Waals surface area contributed by atoms with Crippen molar-refractivity contribution in [2.75, 3.05) is 28.4 Å². The normalized spacial score (nSPS) is 12.1. The second-order valence-corrected chi connectivity index (χ2v) is 18.4. The first-order valence-corrected chi connectivity index (χ1v) is 22.4. The third kappa shape index (κ3) is 12.0. The minimum atomic E-state index is -3.95. The van der Waals surface area contributed by atoms with E-state index in [0.29, 0.717) is 23.0 Å². The number of aromatic nitrogens is 4. The van der Waals surface area contributed by atoms with Gasteiger partial charge in [0.2, 0.25) is 0 Å². The fraction of sp³-hybridized carbons (Fsp3) is 0.289. The molecule has 4 aromatic carbocycles. The Kier molecular flexibility index (Phi) is 15.7. The summed E-state index contributed by atoms with van der Waals surface area (Å²) in [5.74, 6) is 2.77. The van der Waals surface area contributed by atoms with Crippen molar-refractivity contribution >= 4 is 20.0 Å². The summed E-state index contributed by atoms with van der Waals surface area (Å²) >= 11 is 0. The maximum atomic E-state index is 13.5. The number of benzene rings is 4. The highest BCUT2D eigenvalue weighted by atomic mass is 32.2. The fourth-order valence-corrected chi connectivity index (χ4v) is 8.65. The average molecular weight is 895 g/mol. The Morgan fingerprint density at radius 2 is 0.873 bits per heavy atom. The zero-order valence-corrected chi connectivity index (χ0v) is 37.7. The average Bonchev–Trinajstić information content (AvgIpc) is 4.03. The molecule has 1 unspecified atom stereocenters. The third-order valence-corrected chi connectivity index (χ3v) is 13.2. The molecule has 2 heterocycles. The standard InChI is InChI=1S/C23H26N4O4S.C22H24N4O4S/c1-23(2,17-24)27-14-13-22(25-27)32(28,29)26(15-18-5-9-20(30-3)10-6-18)16-19-7-11-21(31-4)12-8-19;1-17(14-23)26-13-12-22(24-26)31(27,28)25(15-18-4-8-20(29-2)9-5-18)16-19-6-10-21(30-3)11-7-19/h5-14H,15-16H2,1-4H3;4-13,17H,15-16H2,1-3H3. The van der Waals surface area contributed by atoms with E-state index in [2.05, 4.69) is 16.3 Å². The summed E-state index contributed by atoms with van der Waals surface area (Å²) in [5.41, 5.74) is 2.26. The molecule has 63 heavy (non-hydrogen) atoms. The monoisotopic (exact) mass is 894 g/mol. The molecule has 18 heteroatoms. The summed E-state index contributed by atoms with van der Waals surface area (Å²) in [6.07, 6.45) is 3.01. The molecule has 0 aliphatic rings. The van der Waals surface area contributed by atoms with Crippen molar-refractivity contribution in [2.24, 2.45) is 0 Å². The lowest BCUT2D eigenvalue weighted by atomic mass is 10.1. The Labute approximate surface area is 369 Å². The molecule has 6 rings (SSSR count). The second kappa shape index (κ2) is 20.9. The number of nitrogens with zero attached hydrogens (tertiary/aromatic N) is 8. The van der Waals surface area contributed by atoms with E-state index in [1.807, 2.05) is 54.6 Å². The van der Waals surface area contributed by atoms with Crippen molar-refractivity contribution in [3.05, 3.63) is 144 Å². The van der Waals surface area contributed by atoms with E-state index >= 15 is 0 Å². The molecule has 0 saturated heterocycles. The van der Waals surface area contributed by atoms with Gasteiger partial charge < -0.3 is 18.9 Å². The minimum absolute atomic E-state index is 0.100. The molecule has 0 spiro atoms. The van der Waals surface area contributed by atoms with Gasteiger partial charge in [-0.05, 0) is 104 Å².